The number of thiazole rings is 1. The van der Waals surface area contributed by atoms with E-state index in [1.54, 1.807) is 18.4 Å². The number of ether oxygens (including phenoxy) is 1. The fourth-order valence-corrected chi connectivity index (χ4v) is 1.70. The normalized spacial score (nSPS) is 13.4. The van der Waals surface area contributed by atoms with Crippen molar-refractivity contribution in [3.05, 3.63) is 16.1 Å². The molecule has 0 amide bonds. The van der Waals surface area contributed by atoms with Gasteiger partial charge in [0.2, 0.25) is 0 Å². The molecule has 0 aliphatic carbocycles. The van der Waals surface area contributed by atoms with E-state index in [0.717, 1.165) is 10.7 Å². The second-order valence-corrected chi connectivity index (χ2v) is 3.18. The summed E-state index contributed by atoms with van der Waals surface area (Å²) in [5.41, 5.74) is 6.49. The van der Waals surface area contributed by atoms with Gasteiger partial charge in [0.25, 0.3) is 0 Å². The summed E-state index contributed by atoms with van der Waals surface area (Å²) in [4.78, 5) is 4.27. The molecule has 0 aromatic carbocycles. The summed E-state index contributed by atoms with van der Waals surface area (Å²) in [6, 6.07) is 0. The molecule has 11 heavy (non-hydrogen) atoms. The lowest BCUT2D eigenvalue weighted by Gasteiger charge is -2.07. The lowest BCUT2D eigenvalue weighted by Crippen LogP contribution is -2.13. The molecule has 0 aliphatic rings. The van der Waals surface area contributed by atoms with E-state index in [9.17, 15) is 0 Å². The minimum Gasteiger partial charge on any atom is -0.373 e. The predicted molar refractivity (Wildman–Crippen MR) is 45.7 cm³/mol. The lowest BCUT2D eigenvalue weighted by molar-refractivity contribution is 0.110. The summed E-state index contributed by atoms with van der Waals surface area (Å²) in [5, 5.41) is 2.96. The Morgan fingerprint density at radius 3 is 2.91 bits per heavy atom. The average Bonchev–Trinajstić information content (AvgIpc) is 2.39. The van der Waals surface area contributed by atoms with E-state index >= 15 is 0 Å². The van der Waals surface area contributed by atoms with Gasteiger partial charge in [-0.3, -0.25) is 0 Å². The van der Waals surface area contributed by atoms with Crippen LogP contribution in [0.2, 0.25) is 0 Å². The predicted octanol–water partition coefficient (Wildman–Crippen LogP) is 1.10. The molecule has 2 N–H and O–H groups in total. The van der Waals surface area contributed by atoms with Crippen LogP contribution in [0.3, 0.4) is 0 Å². The van der Waals surface area contributed by atoms with Crippen LogP contribution in [0.25, 0.3) is 0 Å². The number of hydrogen-bond acceptors (Lipinski definition) is 4. The Balaban J connectivity index is 2.73. The molecule has 0 radical (unpaired) electrons. The third-order valence-corrected chi connectivity index (χ3v) is 2.47. The van der Waals surface area contributed by atoms with E-state index in [1.807, 2.05) is 12.3 Å². The molecule has 1 atom stereocenters. The van der Waals surface area contributed by atoms with Gasteiger partial charge < -0.3 is 10.5 Å². The van der Waals surface area contributed by atoms with Crippen LogP contribution in [0.4, 0.5) is 0 Å². The summed E-state index contributed by atoms with van der Waals surface area (Å²) < 4.78 is 5.12. The number of aromatic nitrogens is 1. The first-order valence-corrected chi connectivity index (χ1v) is 4.30. The topological polar surface area (TPSA) is 48.1 Å². The van der Waals surface area contributed by atoms with Crippen LogP contribution in [0.15, 0.2) is 5.38 Å². The van der Waals surface area contributed by atoms with Crippen LogP contribution in [0.5, 0.6) is 0 Å². The third kappa shape index (κ3) is 1.99. The first-order valence-electron chi connectivity index (χ1n) is 3.42. The molecule has 1 heterocycles. The van der Waals surface area contributed by atoms with Crippen molar-refractivity contribution in [2.45, 2.75) is 13.0 Å². The number of methoxy groups -OCH3 is 1. The van der Waals surface area contributed by atoms with Gasteiger partial charge in [-0.15, -0.1) is 11.3 Å². The van der Waals surface area contributed by atoms with Crippen LogP contribution in [-0.4, -0.2) is 18.6 Å². The lowest BCUT2D eigenvalue weighted by atomic mass is 10.4. The Morgan fingerprint density at radius 2 is 2.55 bits per heavy atom. The summed E-state index contributed by atoms with van der Waals surface area (Å²) in [6.07, 6.45) is -0.0336. The summed E-state index contributed by atoms with van der Waals surface area (Å²) in [6.45, 7) is 2.45. The van der Waals surface area contributed by atoms with E-state index in [1.165, 1.54) is 0 Å². The zero-order valence-electron chi connectivity index (χ0n) is 6.70. The highest BCUT2D eigenvalue weighted by Crippen LogP contribution is 2.19. The molecule has 1 aromatic rings. The zero-order chi connectivity index (χ0) is 8.27. The number of aryl methyl sites for hydroxylation is 1. The number of rotatable bonds is 3. The Morgan fingerprint density at radius 1 is 1.82 bits per heavy atom. The van der Waals surface area contributed by atoms with Crippen molar-refractivity contribution in [1.29, 1.82) is 0 Å². The van der Waals surface area contributed by atoms with Gasteiger partial charge in [0.05, 0.1) is 0 Å². The maximum absolute atomic E-state index is 5.47. The van der Waals surface area contributed by atoms with Crippen molar-refractivity contribution < 1.29 is 4.74 Å². The van der Waals surface area contributed by atoms with Gasteiger partial charge in [0.1, 0.15) is 11.1 Å². The SMILES string of the molecule is COC(CN)c1nc(C)cs1. The van der Waals surface area contributed by atoms with E-state index < -0.39 is 0 Å². The van der Waals surface area contributed by atoms with E-state index in [-0.39, 0.29) is 6.10 Å². The fourth-order valence-electron chi connectivity index (χ4n) is 0.818. The quantitative estimate of drug-likeness (QED) is 0.742. The molecule has 1 aromatic heterocycles. The van der Waals surface area contributed by atoms with Crippen LogP contribution < -0.4 is 5.73 Å². The monoisotopic (exact) mass is 172 g/mol. The average molecular weight is 172 g/mol. The summed E-state index contributed by atoms with van der Waals surface area (Å²) in [5.74, 6) is 0. The van der Waals surface area contributed by atoms with Gasteiger partial charge >= 0.3 is 0 Å². The number of nitrogens with two attached hydrogens (primary N) is 1. The van der Waals surface area contributed by atoms with Gasteiger partial charge in [-0.25, -0.2) is 4.98 Å². The minimum absolute atomic E-state index is 0.0336. The van der Waals surface area contributed by atoms with Crippen molar-refractivity contribution in [2.75, 3.05) is 13.7 Å². The third-order valence-electron chi connectivity index (χ3n) is 1.41. The van der Waals surface area contributed by atoms with Crippen molar-refractivity contribution in [3.8, 4) is 0 Å². The standard InChI is InChI=1S/C7H12N2OS/c1-5-4-11-7(9-5)6(3-8)10-2/h4,6H,3,8H2,1-2H3. The molecule has 0 spiro atoms. The van der Waals surface area contributed by atoms with Crippen LogP contribution in [-0.2, 0) is 4.74 Å². The number of hydrogen-bond donors (Lipinski definition) is 1. The molecule has 1 rings (SSSR count). The van der Waals surface area contributed by atoms with Crippen LogP contribution in [0.1, 0.15) is 16.8 Å². The minimum atomic E-state index is -0.0336. The Kier molecular flexibility index (Phi) is 2.99. The highest BCUT2D eigenvalue weighted by atomic mass is 32.1. The second-order valence-electron chi connectivity index (χ2n) is 2.29. The molecule has 62 valence electrons. The van der Waals surface area contributed by atoms with Crippen LogP contribution >= 0.6 is 11.3 Å². The molecule has 1 unspecified atom stereocenters. The molecular weight excluding hydrogens is 160 g/mol. The summed E-state index contributed by atoms with van der Waals surface area (Å²) >= 11 is 1.59. The molecule has 0 bridgehead atoms. The van der Waals surface area contributed by atoms with Gasteiger partial charge in [0.15, 0.2) is 0 Å². The number of nitrogens with zero attached hydrogens (tertiary/aromatic N) is 1. The molecule has 0 saturated carbocycles. The van der Waals surface area contributed by atoms with Gasteiger partial charge in [-0.2, -0.15) is 0 Å². The zero-order valence-corrected chi connectivity index (χ0v) is 7.52. The first-order chi connectivity index (χ1) is 5.27. The second kappa shape index (κ2) is 3.80. The van der Waals surface area contributed by atoms with Crippen molar-refractivity contribution in [1.82, 2.24) is 4.98 Å². The first kappa shape index (κ1) is 8.64. The fraction of sp³-hybridized carbons (Fsp3) is 0.571. The molecule has 4 heteroatoms. The van der Waals surface area contributed by atoms with Crippen molar-refractivity contribution in [3.63, 3.8) is 0 Å². The van der Waals surface area contributed by atoms with Crippen LogP contribution in [0, 0.1) is 6.92 Å². The molecule has 3 nitrogen and oxygen atoms in total. The highest BCUT2D eigenvalue weighted by Gasteiger charge is 2.10. The van der Waals surface area contributed by atoms with Crippen molar-refractivity contribution >= 4 is 11.3 Å². The Hall–Kier alpha value is -0.450. The smallest absolute Gasteiger partial charge is 0.123 e. The molecule has 0 fully saturated rings. The molecule has 0 aliphatic heterocycles. The maximum atomic E-state index is 5.47. The van der Waals surface area contributed by atoms with Gasteiger partial charge in [-0.05, 0) is 6.92 Å². The van der Waals surface area contributed by atoms with E-state index in [0.29, 0.717) is 6.54 Å². The van der Waals surface area contributed by atoms with Crippen molar-refractivity contribution in [2.24, 2.45) is 5.73 Å². The highest BCUT2D eigenvalue weighted by molar-refractivity contribution is 7.09. The Bertz CT molecular complexity index is 220. The molecule has 0 saturated heterocycles. The Labute approximate surface area is 70.2 Å². The van der Waals surface area contributed by atoms with Gasteiger partial charge in [-0.1, -0.05) is 0 Å². The summed E-state index contributed by atoms with van der Waals surface area (Å²) in [7, 11) is 1.65. The molecular formula is C7H12N2OS. The van der Waals surface area contributed by atoms with Gasteiger partial charge in [0, 0.05) is 24.7 Å². The van der Waals surface area contributed by atoms with E-state index in [4.69, 9.17) is 10.5 Å². The largest absolute Gasteiger partial charge is 0.373 e. The van der Waals surface area contributed by atoms with E-state index in [2.05, 4.69) is 4.98 Å². The maximum Gasteiger partial charge on any atom is 0.123 e.